The van der Waals surface area contributed by atoms with E-state index in [-0.39, 0.29) is 0 Å². The molecule has 0 saturated carbocycles. The van der Waals surface area contributed by atoms with Crippen LogP contribution in [0, 0.1) is 11.8 Å². The molecule has 0 spiro atoms. The Labute approximate surface area is 111 Å². The summed E-state index contributed by atoms with van der Waals surface area (Å²) in [4.78, 5) is 13.3. The highest BCUT2D eigenvalue weighted by molar-refractivity contribution is 5.72. The third-order valence-electron chi connectivity index (χ3n) is 2.60. The third kappa shape index (κ3) is 8.48. The Bertz CT molecular complexity index is 219. The van der Waals surface area contributed by atoms with Gasteiger partial charge in [-0.2, -0.15) is 0 Å². The molecule has 1 unspecified atom stereocenters. The topological polar surface area (TPSA) is 49.8 Å². The van der Waals surface area contributed by atoms with Crippen molar-refractivity contribution in [3.63, 3.8) is 0 Å². The second kappa shape index (κ2) is 9.34. The van der Waals surface area contributed by atoms with Gasteiger partial charge in [-0.1, -0.05) is 27.7 Å². The molecule has 4 nitrogen and oxygen atoms in total. The Hall–Kier alpha value is -0.610. The first kappa shape index (κ1) is 17.4. The summed E-state index contributed by atoms with van der Waals surface area (Å²) >= 11 is 0. The highest BCUT2D eigenvalue weighted by atomic mass is 16.5. The number of carboxylic acid groups (broad SMARTS) is 1. The zero-order valence-corrected chi connectivity index (χ0v) is 12.5. The Morgan fingerprint density at radius 2 is 1.67 bits per heavy atom. The van der Waals surface area contributed by atoms with E-state index in [2.05, 4.69) is 32.6 Å². The van der Waals surface area contributed by atoms with E-state index in [9.17, 15) is 4.79 Å². The fourth-order valence-electron chi connectivity index (χ4n) is 2.07. The van der Waals surface area contributed by atoms with Crippen LogP contribution in [-0.2, 0) is 9.53 Å². The van der Waals surface area contributed by atoms with Crippen LogP contribution in [0.5, 0.6) is 0 Å². The maximum atomic E-state index is 11.0. The summed E-state index contributed by atoms with van der Waals surface area (Å²) in [6.07, 6.45) is -0.111. The number of carbonyl (C=O) groups is 1. The quantitative estimate of drug-likeness (QED) is 0.655. The third-order valence-corrected chi connectivity index (χ3v) is 2.60. The summed E-state index contributed by atoms with van der Waals surface area (Å²) in [5.41, 5.74) is 0. The van der Waals surface area contributed by atoms with Gasteiger partial charge in [0.05, 0.1) is 0 Å². The fourth-order valence-corrected chi connectivity index (χ4v) is 2.07. The van der Waals surface area contributed by atoms with E-state index in [1.807, 2.05) is 6.92 Å². The zero-order valence-electron chi connectivity index (χ0n) is 12.5. The minimum atomic E-state index is -0.856. The lowest BCUT2D eigenvalue weighted by atomic mass is 10.1. The number of hydrogen-bond donors (Lipinski definition) is 1. The molecule has 0 bridgehead atoms. The smallest absolute Gasteiger partial charge is 0.332 e. The molecule has 0 aromatic rings. The Morgan fingerprint density at radius 1 is 1.17 bits per heavy atom. The van der Waals surface area contributed by atoms with Gasteiger partial charge < -0.3 is 14.7 Å². The molecule has 0 saturated heterocycles. The molecule has 18 heavy (non-hydrogen) atoms. The maximum Gasteiger partial charge on any atom is 0.332 e. The Morgan fingerprint density at radius 3 is 2.00 bits per heavy atom. The van der Waals surface area contributed by atoms with Crippen LogP contribution in [0.4, 0.5) is 0 Å². The molecule has 0 aliphatic rings. The molecule has 0 radical (unpaired) electrons. The molecule has 1 N–H and O–H groups in total. The van der Waals surface area contributed by atoms with Gasteiger partial charge in [-0.05, 0) is 25.2 Å². The van der Waals surface area contributed by atoms with Crippen LogP contribution >= 0.6 is 0 Å². The first-order chi connectivity index (χ1) is 8.36. The fraction of sp³-hybridized carbons (Fsp3) is 0.929. The van der Waals surface area contributed by atoms with Gasteiger partial charge in [0.2, 0.25) is 0 Å². The van der Waals surface area contributed by atoms with Crippen molar-refractivity contribution >= 4 is 5.97 Å². The highest BCUT2D eigenvalue weighted by Crippen LogP contribution is 2.07. The number of nitrogens with zero attached hydrogens (tertiary/aromatic N) is 1. The number of hydrogen-bond acceptors (Lipinski definition) is 3. The molecule has 0 aliphatic carbocycles. The molecular weight excluding hydrogens is 230 g/mol. The van der Waals surface area contributed by atoms with Crippen molar-refractivity contribution in [2.45, 2.75) is 47.1 Å². The van der Waals surface area contributed by atoms with Crippen LogP contribution < -0.4 is 0 Å². The van der Waals surface area contributed by atoms with Crippen molar-refractivity contribution in [2.75, 3.05) is 26.2 Å². The number of ether oxygens (including phenoxy) is 1. The average Bonchev–Trinajstić information content (AvgIpc) is 2.21. The van der Waals surface area contributed by atoms with E-state index in [0.717, 1.165) is 19.6 Å². The molecule has 0 amide bonds. The first-order valence-electron chi connectivity index (χ1n) is 6.93. The predicted molar refractivity (Wildman–Crippen MR) is 73.8 cm³/mol. The van der Waals surface area contributed by atoms with Crippen LogP contribution in [-0.4, -0.2) is 48.3 Å². The van der Waals surface area contributed by atoms with Crippen LogP contribution in [0.1, 0.15) is 41.0 Å². The summed E-state index contributed by atoms with van der Waals surface area (Å²) in [6.45, 7) is 13.8. The van der Waals surface area contributed by atoms with Crippen LogP contribution in [0.2, 0.25) is 0 Å². The minimum Gasteiger partial charge on any atom is -0.479 e. The van der Waals surface area contributed by atoms with E-state index in [0.29, 0.717) is 24.9 Å². The van der Waals surface area contributed by atoms with Gasteiger partial charge in [-0.15, -0.1) is 0 Å². The normalized spacial score (nSPS) is 13.6. The average molecular weight is 259 g/mol. The standard InChI is InChI=1S/C14H29NO3/c1-6-18-13(14(16)17)7-8-15(9-11(2)3)10-12(4)5/h11-13H,6-10H2,1-5H3,(H,16,17). The Balaban J connectivity index is 4.24. The SMILES string of the molecule is CCOC(CCN(CC(C)C)CC(C)C)C(=O)O. The van der Waals surface area contributed by atoms with Gasteiger partial charge in [0.15, 0.2) is 6.10 Å². The van der Waals surface area contributed by atoms with Crippen LogP contribution in [0.15, 0.2) is 0 Å². The van der Waals surface area contributed by atoms with Crippen LogP contribution in [0.25, 0.3) is 0 Å². The number of rotatable bonds is 10. The van der Waals surface area contributed by atoms with Crippen LogP contribution in [0.3, 0.4) is 0 Å². The summed E-state index contributed by atoms with van der Waals surface area (Å²) in [7, 11) is 0. The second-order valence-corrected chi connectivity index (χ2v) is 5.62. The van der Waals surface area contributed by atoms with Crippen molar-refractivity contribution in [1.82, 2.24) is 4.90 Å². The monoisotopic (exact) mass is 259 g/mol. The van der Waals surface area contributed by atoms with E-state index in [1.54, 1.807) is 0 Å². The van der Waals surface area contributed by atoms with Crippen molar-refractivity contribution in [1.29, 1.82) is 0 Å². The lowest BCUT2D eigenvalue weighted by molar-refractivity contribution is -0.150. The number of aliphatic carboxylic acids is 1. The summed E-state index contributed by atoms with van der Waals surface area (Å²) in [5.74, 6) is 0.337. The molecule has 1 atom stereocenters. The zero-order chi connectivity index (χ0) is 14.1. The van der Waals surface area contributed by atoms with Gasteiger partial charge in [0.25, 0.3) is 0 Å². The van der Waals surface area contributed by atoms with E-state index in [1.165, 1.54) is 0 Å². The molecule has 0 aliphatic heterocycles. The maximum absolute atomic E-state index is 11.0. The second-order valence-electron chi connectivity index (χ2n) is 5.62. The van der Waals surface area contributed by atoms with Crippen molar-refractivity contribution in [2.24, 2.45) is 11.8 Å². The highest BCUT2D eigenvalue weighted by Gasteiger charge is 2.19. The predicted octanol–water partition coefficient (Wildman–Crippen LogP) is 2.48. The lowest BCUT2D eigenvalue weighted by Crippen LogP contribution is -2.36. The van der Waals surface area contributed by atoms with E-state index in [4.69, 9.17) is 9.84 Å². The van der Waals surface area contributed by atoms with Crippen molar-refractivity contribution < 1.29 is 14.6 Å². The number of carboxylic acids is 1. The van der Waals surface area contributed by atoms with Gasteiger partial charge >= 0.3 is 5.97 Å². The molecular formula is C14H29NO3. The van der Waals surface area contributed by atoms with Crippen molar-refractivity contribution in [3.8, 4) is 0 Å². The molecule has 0 aromatic carbocycles. The Kier molecular flexibility index (Phi) is 9.02. The lowest BCUT2D eigenvalue weighted by Gasteiger charge is -2.27. The molecule has 4 heteroatoms. The molecule has 0 heterocycles. The summed E-state index contributed by atoms with van der Waals surface area (Å²) in [5, 5.41) is 9.04. The summed E-state index contributed by atoms with van der Waals surface area (Å²) in [6, 6.07) is 0. The van der Waals surface area contributed by atoms with Gasteiger partial charge in [-0.3, -0.25) is 0 Å². The van der Waals surface area contributed by atoms with Gasteiger partial charge in [0.1, 0.15) is 0 Å². The molecule has 0 aromatic heterocycles. The van der Waals surface area contributed by atoms with Gasteiger partial charge in [0, 0.05) is 26.2 Å². The van der Waals surface area contributed by atoms with E-state index >= 15 is 0 Å². The molecule has 0 rings (SSSR count). The largest absolute Gasteiger partial charge is 0.479 e. The van der Waals surface area contributed by atoms with Crippen molar-refractivity contribution in [3.05, 3.63) is 0 Å². The minimum absolute atomic E-state index is 0.450. The summed E-state index contributed by atoms with van der Waals surface area (Å²) < 4.78 is 5.24. The van der Waals surface area contributed by atoms with E-state index < -0.39 is 12.1 Å². The first-order valence-corrected chi connectivity index (χ1v) is 6.93. The molecule has 0 fully saturated rings. The van der Waals surface area contributed by atoms with Gasteiger partial charge in [-0.25, -0.2) is 4.79 Å². The molecule has 108 valence electrons.